The van der Waals surface area contributed by atoms with E-state index >= 15 is 0 Å². The monoisotopic (exact) mass is 380 g/mol. The molecule has 2 aliphatic rings. The molecule has 0 radical (unpaired) electrons. The lowest BCUT2D eigenvalue weighted by Crippen LogP contribution is -2.50. The predicted octanol–water partition coefficient (Wildman–Crippen LogP) is 3.54. The van der Waals surface area contributed by atoms with Crippen LogP contribution in [0.4, 0.5) is 0 Å². The van der Waals surface area contributed by atoms with Gasteiger partial charge in [-0.25, -0.2) is 0 Å². The van der Waals surface area contributed by atoms with Gasteiger partial charge in [-0.05, 0) is 30.9 Å². The highest BCUT2D eigenvalue weighted by Gasteiger charge is 2.53. The first-order chi connectivity index (χ1) is 13.1. The predicted molar refractivity (Wildman–Crippen MR) is 108 cm³/mol. The number of benzene rings is 2. The third-order valence-corrected chi connectivity index (χ3v) is 7.05. The molecular weight excluding hydrogens is 356 g/mol. The zero-order chi connectivity index (χ0) is 18.9. The molecular formula is C22H24N2O2S. The topological polar surface area (TPSA) is 49.4 Å². The first kappa shape index (κ1) is 18.1. The Labute approximate surface area is 164 Å². The molecule has 2 saturated heterocycles. The van der Waals surface area contributed by atoms with Crippen molar-refractivity contribution in [1.82, 2.24) is 10.2 Å². The lowest BCUT2D eigenvalue weighted by molar-refractivity contribution is -0.138. The van der Waals surface area contributed by atoms with Crippen LogP contribution in [0.1, 0.15) is 36.9 Å². The number of nitrogens with one attached hydrogen (secondary N) is 1. The highest BCUT2D eigenvalue weighted by molar-refractivity contribution is 8.01. The van der Waals surface area contributed by atoms with Crippen molar-refractivity contribution in [2.45, 2.75) is 43.1 Å². The molecule has 0 aliphatic carbocycles. The van der Waals surface area contributed by atoms with Gasteiger partial charge in [-0.1, -0.05) is 60.7 Å². The Kier molecular flexibility index (Phi) is 4.96. The third kappa shape index (κ3) is 3.61. The van der Waals surface area contributed by atoms with E-state index in [2.05, 4.69) is 24.4 Å². The van der Waals surface area contributed by atoms with Crippen molar-refractivity contribution in [1.29, 1.82) is 0 Å². The number of nitrogens with zero attached hydrogens (tertiary/aromatic N) is 1. The maximum absolute atomic E-state index is 13.1. The van der Waals surface area contributed by atoms with Crippen molar-refractivity contribution in [2.24, 2.45) is 0 Å². The molecule has 5 heteroatoms. The quantitative estimate of drug-likeness (QED) is 0.863. The molecule has 0 aromatic heterocycles. The maximum Gasteiger partial charge on any atom is 0.244 e. The molecule has 0 bridgehead atoms. The lowest BCUT2D eigenvalue weighted by atomic mass is 9.98. The zero-order valence-corrected chi connectivity index (χ0v) is 16.2. The molecule has 2 aromatic rings. The number of carbonyl (C=O) groups is 2. The number of carbonyl (C=O) groups excluding carboxylic acids is 2. The minimum absolute atomic E-state index is 0.0498. The van der Waals surface area contributed by atoms with Crippen molar-refractivity contribution < 1.29 is 9.59 Å². The van der Waals surface area contributed by atoms with Crippen molar-refractivity contribution in [3.63, 3.8) is 0 Å². The van der Waals surface area contributed by atoms with E-state index in [1.54, 1.807) is 11.8 Å². The Morgan fingerprint density at radius 1 is 1.19 bits per heavy atom. The highest BCUT2D eigenvalue weighted by Crippen LogP contribution is 2.47. The Balaban J connectivity index is 1.54. The molecule has 27 heavy (non-hydrogen) atoms. The number of fused-ring (bicyclic) bond motifs is 1. The van der Waals surface area contributed by atoms with Crippen LogP contribution >= 0.6 is 11.8 Å². The molecule has 140 valence electrons. The fourth-order valence-electron chi connectivity index (χ4n) is 4.07. The summed E-state index contributed by atoms with van der Waals surface area (Å²) in [6, 6.07) is 19.7. The normalized spacial score (nSPS) is 25.3. The molecule has 4 nitrogen and oxygen atoms in total. The number of amides is 2. The van der Waals surface area contributed by atoms with E-state index < -0.39 is 0 Å². The van der Waals surface area contributed by atoms with Gasteiger partial charge in [-0.3, -0.25) is 9.59 Å². The summed E-state index contributed by atoms with van der Waals surface area (Å²) in [5, 5.41) is 3.23. The van der Waals surface area contributed by atoms with Crippen LogP contribution in [0.25, 0.3) is 0 Å². The number of hydrogen-bond acceptors (Lipinski definition) is 3. The van der Waals surface area contributed by atoms with Crippen LogP contribution in [0.5, 0.6) is 0 Å². The second-order valence-corrected chi connectivity index (χ2v) is 8.93. The van der Waals surface area contributed by atoms with Crippen LogP contribution in [0, 0.1) is 0 Å². The summed E-state index contributed by atoms with van der Waals surface area (Å²) < 4.78 is 0. The average molecular weight is 381 g/mol. The van der Waals surface area contributed by atoms with Crippen LogP contribution in [0.15, 0.2) is 60.7 Å². The average Bonchev–Trinajstić information content (AvgIpc) is 3.19. The summed E-state index contributed by atoms with van der Waals surface area (Å²) in [5.74, 6) is 0.717. The molecule has 3 unspecified atom stereocenters. The molecule has 0 saturated carbocycles. The zero-order valence-electron chi connectivity index (χ0n) is 15.4. The Morgan fingerprint density at radius 3 is 2.56 bits per heavy atom. The van der Waals surface area contributed by atoms with Gasteiger partial charge in [0, 0.05) is 12.2 Å². The van der Waals surface area contributed by atoms with Crippen molar-refractivity contribution in [3.8, 4) is 0 Å². The van der Waals surface area contributed by atoms with Crippen LogP contribution in [0.2, 0.25) is 0 Å². The van der Waals surface area contributed by atoms with Crippen molar-refractivity contribution in [2.75, 3.05) is 5.75 Å². The van der Waals surface area contributed by atoms with Crippen LogP contribution in [0.3, 0.4) is 0 Å². The van der Waals surface area contributed by atoms with E-state index in [9.17, 15) is 9.59 Å². The van der Waals surface area contributed by atoms with Gasteiger partial charge in [0.1, 0.15) is 6.04 Å². The summed E-state index contributed by atoms with van der Waals surface area (Å²) >= 11 is 1.73. The molecule has 2 aliphatic heterocycles. The van der Waals surface area contributed by atoms with E-state index in [-0.39, 0.29) is 28.8 Å². The molecule has 2 aromatic carbocycles. The van der Waals surface area contributed by atoms with E-state index in [0.29, 0.717) is 12.2 Å². The minimum Gasteiger partial charge on any atom is -0.347 e. The summed E-state index contributed by atoms with van der Waals surface area (Å²) in [7, 11) is 0. The number of rotatable bonds is 5. The van der Waals surface area contributed by atoms with Gasteiger partial charge in [-0.2, -0.15) is 0 Å². The molecule has 2 fully saturated rings. The smallest absolute Gasteiger partial charge is 0.244 e. The molecule has 2 heterocycles. The van der Waals surface area contributed by atoms with Crippen molar-refractivity contribution in [3.05, 3.63) is 71.8 Å². The van der Waals surface area contributed by atoms with Crippen molar-refractivity contribution >= 4 is 23.6 Å². The maximum atomic E-state index is 13.1. The lowest BCUT2D eigenvalue weighted by Gasteiger charge is -2.31. The fourth-order valence-corrected chi connectivity index (χ4v) is 5.50. The first-order valence-electron chi connectivity index (χ1n) is 9.42. The van der Waals surface area contributed by atoms with Gasteiger partial charge >= 0.3 is 0 Å². The van der Waals surface area contributed by atoms with Gasteiger partial charge in [-0.15, -0.1) is 11.8 Å². The molecule has 3 atom stereocenters. The van der Waals surface area contributed by atoms with Gasteiger partial charge in [0.25, 0.3) is 0 Å². The minimum atomic E-state index is -0.378. The third-order valence-electron chi connectivity index (χ3n) is 5.55. The summed E-state index contributed by atoms with van der Waals surface area (Å²) in [5.41, 5.74) is 2.26. The Hall–Kier alpha value is -2.27. The number of hydrogen-bond donors (Lipinski definition) is 1. The van der Waals surface area contributed by atoms with E-state index in [1.165, 1.54) is 5.56 Å². The standard InChI is InChI=1S/C22H24N2O2S/c1-22-13-12-20(25)24(22)19(15-27-22)21(26)23-18(17-10-6-3-7-11-17)14-16-8-4-2-5-9-16/h2-11,18-19H,12-15H2,1H3,(H,23,26). The van der Waals surface area contributed by atoms with Gasteiger partial charge in [0.05, 0.1) is 10.9 Å². The van der Waals surface area contributed by atoms with Crippen LogP contribution < -0.4 is 5.32 Å². The Morgan fingerprint density at radius 2 is 1.85 bits per heavy atom. The largest absolute Gasteiger partial charge is 0.347 e. The SMILES string of the molecule is CC12CCC(=O)N1C(C(=O)NC(Cc1ccccc1)c1ccccc1)CS2. The molecule has 0 spiro atoms. The molecule has 4 rings (SSSR count). The van der Waals surface area contributed by atoms with E-state index in [1.807, 2.05) is 53.4 Å². The van der Waals surface area contributed by atoms with E-state index in [4.69, 9.17) is 0 Å². The second-order valence-electron chi connectivity index (χ2n) is 7.43. The summed E-state index contributed by atoms with van der Waals surface area (Å²) in [6.07, 6.45) is 2.09. The van der Waals surface area contributed by atoms with Gasteiger partial charge in [0.15, 0.2) is 0 Å². The van der Waals surface area contributed by atoms with Crippen LogP contribution in [-0.2, 0) is 16.0 Å². The molecule has 1 N–H and O–H groups in total. The number of thioether (sulfide) groups is 1. The summed E-state index contributed by atoms with van der Waals surface area (Å²) in [4.78, 5) is 27.1. The Bertz CT molecular complexity index is 827. The van der Waals surface area contributed by atoms with Gasteiger partial charge in [0.2, 0.25) is 11.8 Å². The van der Waals surface area contributed by atoms with Crippen LogP contribution in [-0.4, -0.2) is 33.4 Å². The van der Waals surface area contributed by atoms with E-state index in [0.717, 1.165) is 18.4 Å². The van der Waals surface area contributed by atoms with Gasteiger partial charge < -0.3 is 10.2 Å². The first-order valence-corrected chi connectivity index (χ1v) is 10.4. The summed E-state index contributed by atoms with van der Waals surface area (Å²) in [6.45, 7) is 2.08. The molecule has 2 amide bonds. The highest BCUT2D eigenvalue weighted by atomic mass is 32.2. The fraction of sp³-hybridized carbons (Fsp3) is 0.364. The second kappa shape index (κ2) is 7.39.